The summed E-state index contributed by atoms with van der Waals surface area (Å²) in [6.07, 6.45) is 3.55. The summed E-state index contributed by atoms with van der Waals surface area (Å²) in [5.41, 5.74) is 3.14. The van der Waals surface area contributed by atoms with Gasteiger partial charge < -0.3 is 0 Å². The number of thioether (sulfide) groups is 1. The lowest BCUT2D eigenvalue weighted by Gasteiger charge is -2.06. The second kappa shape index (κ2) is 6.81. The molecule has 0 bridgehead atoms. The maximum absolute atomic E-state index is 4.34. The molecule has 0 fully saturated rings. The average Bonchev–Trinajstić information content (AvgIpc) is 2.67. The van der Waals surface area contributed by atoms with Crippen molar-refractivity contribution in [1.29, 1.82) is 0 Å². The maximum atomic E-state index is 4.34. The van der Waals surface area contributed by atoms with E-state index in [0.29, 0.717) is 0 Å². The van der Waals surface area contributed by atoms with Crippen molar-refractivity contribution in [3.05, 3.63) is 84.7 Å². The van der Waals surface area contributed by atoms with Gasteiger partial charge in [-0.25, -0.2) is 0 Å². The van der Waals surface area contributed by atoms with Gasteiger partial charge >= 0.3 is 0 Å². The van der Waals surface area contributed by atoms with E-state index in [2.05, 4.69) is 57.6 Å². The Bertz CT molecular complexity index is 948. The van der Waals surface area contributed by atoms with Crippen LogP contribution < -0.4 is 0 Å². The van der Waals surface area contributed by atoms with Gasteiger partial charge in [0, 0.05) is 23.7 Å². The molecule has 0 amide bonds. The molecule has 116 valence electrons. The molecule has 2 heterocycles. The fraction of sp³-hybridized carbons (Fsp3) is 0.0500. The molecule has 0 saturated heterocycles. The molecule has 0 radical (unpaired) electrons. The minimum atomic E-state index is 0.845. The summed E-state index contributed by atoms with van der Waals surface area (Å²) < 4.78 is 0. The van der Waals surface area contributed by atoms with Crippen LogP contribution >= 0.6 is 11.8 Å². The number of aromatic nitrogens is 3. The summed E-state index contributed by atoms with van der Waals surface area (Å²) in [4.78, 5) is 4.12. The van der Waals surface area contributed by atoms with E-state index in [4.69, 9.17) is 0 Å². The highest BCUT2D eigenvalue weighted by atomic mass is 32.2. The molecular weight excluding hydrogens is 314 g/mol. The molecule has 2 aromatic carbocycles. The van der Waals surface area contributed by atoms with E-state index in [1.165, 1.54) is 16.3 Å². The number of benzene rings is 2. The summed E-state index contributed by atoms with van der Waals surface area (Å²) in [6, 6.07) is 22.8. The standard InChI is InChI=1S/C20H15N3S/c1-2-9-18-15(5-1)6-3-7-17(18)14-24-20-11-10-19(22-23-20)16-8-4-12-21-13-16/h1-13H,14H2. The Kier molecular flexibility index (Phi) is 4.21. The summed E-state index contributed by atoms with van der Waals surface area (Å²) in [5, 5.41) is 12.1. The lowest BCUT2D eigenvalue weighted by atomic mass is 10.1. The molecule has 0 aliphatic heterocycles. The average molecular weight is 329 g/mol. The van der Waals surface area contributed by atoms with Crippen LogP contribution in [0.1, 0.15) is 5.56 Å². The number of nitrogens with zero attached hydrogens (tertiary/aromatic N) is 3. The SMILES string of the molecule is c1cncc(-c2ccc(SCc3cccc4ccccc34)nn2)c1. The highest BCUT2D eigenvalue weighted by Gasteiger charge is 2.04. The van der Waals surface area contributed by atoms with Crippen molar-refractivity contribution in [1.82, 2.24) is 15.2 Å². The van der Waals surface area contributed by atoms with Crippen LogP contribution in [0.4, 0.5) is 0 Å². The third kappa shape index (κ3) is 3.14. The van der Waals surface area contributed by atoms with Crippen LogP contribution in [0.15, 0.2) is 84.1 Å². The Balaban J connectivity index is 1.52. The molecule has 0 unspecified atom stereocenters. The van der Waals surface area contributed by atoms with Gasteiger partial charge in [0.2, 0.25) is 0 Å². The van der Waals surface area contributed by atoms with Gasteiger partial charge in [0.25, 0.3) is 0 Å². The molecule has 0 atom stereocenters. The molecule has 4 rings (SSSR count). The van der Waals surface area contributed by atoms with Crippen molar-refractivity contribution in [3.63, 3.8) is 0 Å². The molecule has 24 heavy (non-hydrogen) atoms. The van der Waals surface area contributed by atoms with Crippen LogP contribution in [0, 0.1) is 0 Å². The Morgan fingerprint density at radius 2 is 1.71 bits per heavy atom. The highest BCUT2D eigenvalue weighted by Crippen LogP contribution is 2.26. The third-order valence-corrected chi connectivity index (χ3v) is 4.82. The summed E-state index contributed by atoms with van der Waals surface area (Å²) in [7, 11) is 0. The molecule has 0 aliphatic rings. The maximum Gasteiger partial charge on any atom is 0.119 e. The minimum absolute atomic E-state index is 0.845. The second-order valence-corrected chi connectivity index (χ2v) is 6.42. The summed E-state index contributed by atoms with van der Waals surface area (Å²) in [5.74, 6) is 0.877. The molecule has 4 aromatic rings. The Morgan fingerprint density at radius 3 is 2.54 bits per heavy atom. The van der Waals surface area contributed by atoms with Crippen LogP contribution in [0.5, 0.6) is 0 Å². The fourth-order valence-corrected chi connectivity index (χ4v) is 3.45. The van der Waals surface area contributed by atoms with E-state index in [1.807, 2.05) is 24.3 Å². The zero-order chi connectivity index (χ0) is 16.2. The van der Waals surface area contributed by atoms with Gasteiger partial charge in [0.15, 0.2) is 0 Å². The normalized spacial score (nSPS) is 10.8. The lowest BCUT2D eigenvalue weighted by molar-refractivity contribution is 0.935. The van der Waals surface area contributed by atoms with Crippen molar-refractivity contribution in [2.75, 3.05) is 0 Å². The molecule has 0 N–H and O–H groups in total. The van der Waals surface area contributed by atoms with Gasteiger partial charge in [0.05, 0.1) is 5.69 Å². The molecule has 0 spiro atoms. The molecular formula is C20H15N3S. The van der Waals surface area contributed by atoms with Crippen molar-refractivity contribution in [2.45, 2.75) is 10.8 Å². The van der Waals surface area contributed by atoms with Crippen molar-refractivity contribution in [3.8, 4) is 11.3 Å². The number of hydrogen-bond donors (Lipinski definition) is 0. The van der Waals surface area contributed by atoms with Crippen LogP contribution in [0.3, 0.4) is 0 Å². The van der Waals surface area contributed by atoms with Crippen molar-refractivity contribution < 1.29 is 0 Å². The van der Waals surface area contributed by atoms with Crippen molar-refractivity contribution >= 4 is 22.5 Å². The quantitative estimate of drug-likeness (QED) is 0.495. The first-order valence-electron chi connectivity index (χ1n) is 7.74. The Hall–Kier alpha value is -2.72. The van der Waals surface area contributed by atoms with E-state index in [-0.39, 0.29) is 0 Å². The largest absolute Gasteiger partial charge is 0.264 e. The van der Waals surface area contributed by atoms with Gasteiger partial charge in [-0.1, -0.05) is 54.2 Å². The Morgan fingerprint density at radius 1 is 0.792 bits per heavy atom. The number of rotatable bonds is 4. The van der Waals surface area contributed by atoms with Crippen LogP contribution in [0.25, 0.3) is 22.0 Å². The number of fused-ring (bicyclic) bond motifs is 1. The fourth-order valence-electron chi connectivity index (χ4n) is 2.64. The van der Waals surface area contributed by atoms with E-state index in [9.17, 15) is 0 Å². The third-order valence-electron chi connectivity index (χ3n) is 3.85. The van der Waals surface area contributed by atoms with Crippen LogP contribution in [-0.2, 0) is 5.75 Å². The van der Waals surface area contributed by atoms with Gasteiger partial charge in [-0.05, 0) is 40.6 Å². The van der Waals surface area contributed by atoms with Gasteiger partial charge in [0.1, 0.15) is 5.03 Å². The minimum Gasteiger partial charge on any atom is -0.264 e. The number of pyridine rings is 1. The van der Waals surface area contributed by atoms with Crippen LogP contribution in [-0.4, -0.2) is 15.2 Å². The molecule has 0 aliphatic carbocycles. The first-order valence-corrected chi connectivity index (χ1v) is 8.72. The second-order valence-electron chi connectivity index (χ2n) is 5.43. The summed E-state index contributed by atoms with van der Waals surface area (Å²) >= 11 is 1.70. The van der Waals surface area contributed by atoms with Gasteiger partial charge in [-0.15, -0.1) is 10.2 Å². The zero-order valence-corrected chi connectivity index (χ0v) is 13.8. The van der Waals surface area contributed by atoms with E-state index in [0.717, 1.165) is 22.0 Å². The zero-order valence-electron chi connectivity index (χ0n) is 13.0. The van der Waals surface area contributed by atoms with E-state index in [1.54, 1.807) is 24.2 Å². The van der Waals surface area contributed by atoms with Gasteiger partial charge in [-0.2, -0.15) is 0 Å². The first-order chi connectivity index (χ1) is 11.9. The Labute approximate surface area is 144 Å². The number of hydrogen-bond acceptors (Lipinski definition) is 4. The van der Waals surface area contributed by atoms with Gasteiger partial charge in [-0.3, -0.25) is 4.98 Å². The highest BCUT2D eigenvalue weighted by molar-refractivity contribution is 7.98. The topological polar surface area (TPSA) is 38.7 Å². The molecule has 3 nitrogen and oxygen atoms in total. The predicted octanol–water partition coefficient (Wildman–Crippen LogP) is 4.98. The predicted molar refractivity (Wildman–Crippen MR) is 98.8 cm³/mol. The van der Waals surface area contributed by atoms with Crippen LogP contribution in [0.2, 0.25) is 0 Å². The summed E-state index contributed by atoms with van der Waals surface area (Å²) in [6.45, 7) is 0. The monoisotopic (exact) mass is 329 g/mol. The van der Waals surface area contributed by atoms with E-state index < -0.39 is 0 Å². The lowest BCUT2D eigenvalue weighted by Crippen LogP contribution is -1.91. The van der Waals surface area contributed by atoms with E-state index >= 15 is 0 Å². The molecule has 4 heteroatoms. The van der Waals surface area contributed by atoms with Crippen molar-refractivity contribution in [2.24, 2.45) is 0 Å². The molecule has 0 saturated carbocycles. The smallest absolute Gasteiger partial charge is 0.119 e. The first kappa shape index (κ1) is 14.8. The molecule has 2 aromatic heterocycles.